The number of nitrogens with one attached hydrogen (secondary N) is 1. The quantitative estimate of drug-likeness (QED) is 0.586. The van der Waals surface area contributed by atoms with Crippen LogP contribution in [0.3, 0.4) is 0 Å². The first-order chi connectivity index (χ1) is 15.3. The standard InChI is InChI=1S/C21H22F3N5O2S/c1-28(10-8-21(22,23)24)20(30)29-9-7-13-16(11-29)32-19-17(13)18(25-12-26-19)27-14-5-3-4-6-15(14)31-2/h3-6,12H,7-11H2,1-2H3,(H,25,26,27). The predicted molar refractivity (Wildman–Crippen MR) is 117 cm³/mol. The lowest BCUT2D eigenvalue weighted by molar-refractivity contribution is -0.136. The lowest BCUT2D eigenvalue weighted by Crippen LogP contribution is -2.44. The van der Waals surface area contributed by atoms with Crippen molar-refractivity contribution in [2.24, 2.45) is 0 Å². The second-order valence-electron chi connectivity index (χ2n) is 7.47. The topological polar surface area (TPSA) is 70.6 Å². The van der Waals surface area contributed by atoms with Crippen molar-refractivity contribution in [2.75, 3.05) is 32.6 Å². The summed E-state index contributed by atoms with van der Waals surface area (Å²) in [6, 6.07) is 7.11. The summed E-state index contributed by atoms with van der Waals surface area (Å²) >= 11 is 1.47. The molecule has 7 nitrogen and oxygen atoms in total. The van der Waals surface area contributed by atoms with Gasteiger partial charge in [0.2, 0.25) is 0 Å². The first-order valence-electron chi connectivity index (χ1n) is 9.99. The number of ether oxygens (including phenoxy) is 1. The van der Waals surface area contributed by atoms with E-state index >= 15 is 0 Å². The number of alkyl halides is 3. The molecule has 3 aromatic rings. The van der Waals surface area contributed by atoms with E-state index in [4.69, 9.17) is 4.74 Å². The normalized spacial score (nSPS) is 13.7. The van der Waals surface area contributed by atoms with Crippen molar-refractivity contribution in [3.8, 4) is 5.75 Å². The fourth-order valence-electron chi connectivity index (χ4n) is 3.69. The molecular weight excluding hydrogens is 443 g/mol. The smallest absolute Gasteiger partial charge is 0.390 e. The minimum Gasteiger partial charge on any atom is -0.495 e. The fraction of sp³-hybridized carbons (Fsp3) is 0.381. The van der Waals surface area contributed by atoms with Gasteiger partial charge in [-0.15, -0.1) is 11.3 Å². The summed E-state index contributed by atoms with van der Waals surface area (Å²) in [5.41, 5.74) is 1.83. The Labute approximate surface area is 186 Å². The number of carbonyl (C=O) groups is 1. The third kappa shape index (κ3) is 4.57. The third-order valence-electron chi connectivity index (χ3n) is 5.32. The van der Waals surface area contributed by atoms with Gasteiger partial charge in [-0.3, -0.25) is 0 Å². The number of carbonyl (C=O) groups excluding carboxylic acids is 1. The van der Waals surface area contributed by atoms with E-state index in [1.807, 2.05) is 24.3 Å². The second-order valence-corrected chi connectivity index (χ2v) is 8.56. The van der Waals surface area contributed by atoms with Gasteiger partial charge in [0.15, 0.2) is 0 Å². The molecule has 0 fully saturated rings. The zero-order chi connectivity index (χ0) is 22.9. The third-order valence-corrected chi connectivity index (χ3v) is 6.45. The Bertz CT molecular complexity index is 1130. The lowest BCUT2D eigenvalue weighted by atomic mass is 10.1. The zero-order valence-electron chi connectivity index (χ0n) is 17.6. The monoisotopic (exact) mass is 465 g/mol. The van der Waals surface area contributed by atoms with Crippen molar-refractivity contribution in [1.82, 2.24) is 19.8 Å². The Morgan fingerprint density at radius 2 is 2.09 bits per heavy atom. The van der Waals surface area contributed by atoms with Gasteiger partial charge in [-0.1, -0.05) is 12.1 Å². The highest BCUT2D eigenvalue weighted by molar-refractivity contribution is 7.19. The Kier molecular flexibility index (Phi) is 6.09. The summed E-state index contributed by atoms with van der Waals surface area (Å²) in [6.45, 7) is 0.382. The van der Waals surface area contributed by atoms with E-state index in [0.29, 0.717) is 31.1 Å². The van der Waals surface area contributed by atoms with Gasteiger partial charge in [-0.05, 0) is 24.1 Å². The summed E-state index contributed by atoms with van der Waals surface area (Å²) in [5, 5.41) is 4.22. The van der Waals surface area contributed by atoms with Gasteiger partial charge in [0.25, 0.3) is 0 Å². The molecule has 32 heavy (non-hydrogen) atoms. The number of nitrogens with zero attached hydrogens (tertiary/aromatic N) is 4. The molecule has 2 aromatic heterocycles. The number of amides is 2. The number of hydrogen-bond donors (Lipinski definition) is 1. The molecule has 1 aliphatic heterocycles. The first kappa shape index (κ1) is 22.1. The van der Waals surface area contributed by atoms with E-state index in [1.54, 1.807) is 12.0 Å². The molecule has 11 heteroatoms. The van der Waals surface area contributed by atoms with Gasteiger partial charge >= 0.3 is 12.2 Å². The number of hydrogen-bond acceptors (Lipinski definition) is 6. The number of urea groups is 1. The maximum absolute atomic E-state index is 12.7. The molecule has 0 atom stereocenters. The average molecular weight is 466 g/mol. The highest BCUT2D eigenvalue weighted by atomic mass is 32.1. The average Bonchev–Trinajstić information content (AvgIpc) is 3.15. The van der Waals surface area contributed by atoms with E-state index in [0.717, 1.165) is 31.2 Å². The number of aromatic nitrogens is 2. The molecule has 170 valence electrons. The van der Waals surface area contributed by atoms with Crippen LogP contribution in [-0.2, 0) is 13.0 Å². The van der Waals surface area contributed by atoms with Crippen LogP contribution in [0.15, 0.2) is 30.6 Å². The minimum atomic E-state index is -4.29. The van der Waals surface area contributed by atoms with Gasteiger partial charge in [-0.2, -0.15) is 13.2 Å². The van der Waals surface area contributed by atoms with Gasteiger partial charge < -0.3 is 19.9 Å². The molecule has 0 radical (unpaired) electrons. The molecule has 4 rings (SSSR count). The number of anilines is 2. The van der Waals surface area contributed by atoms with Crippen LogP contribution in [0.25, 0.3) is 10.2 Å². The maximum Gasteiger partial charge on any atom is 0.390 e. The number of para-hydroxylation sites is 2. The summed E-state index contributed by atoms with van der Waals surface area (Å²) in [7, 11) is 3.00. The summed E-state index contributed by atoms with van der Waals surface area (Å²) < 4.78 is 42.9. The largest absolute Gasteiger partial charge is 0.495 e. The molecular formula is C21H22F3N5O2S. The maximum atomic E-state index is 12.7. The predicted octanol–water partition coefficient (Wildman–Crippen LogP) is 4.81. The highest BCUT2D eigenvalue weighted by Gasteiger charge is 2.31. The van der Waals surface area contributed by atoms with Crippen molar-refractivity contribution in [3.63, 3.8) is 0 Å². The Balaban J connectivity index is 1.56. The highest BCUT2D eigenvalue weighted by Crippen LogP contribution is 2.39. The van der Waals surface area contributed by atoms with E-state index in [1.165, 1.54) is 24.7 Å². The van der Waals surface area contributed by atoms with Gasteiger partial charge in [0, 0.05) is 25.0 Å². The summed E-state index contributed by atoms with van der Waals surface area (Å²) in [6.07, 6.45) is -3.26. The van der Waals surface area contributed by atoms with Crippen LogP contribution in [0.1, 0.15) is 16.9 Å². The lowest BCUT2D eigenvalue weighted by Gasteiger charge is -2.31. The molecule has 1 aliphatic rings. The van der Waals surface area contributed by atoms with Crippen LogP contribution < -0.4 is 10.1 Å². The van der Waals surface area contributed by atoms with E-state index < -0.39 is 18.6 Å². The van der Waals surface area contributed by atoms with E-state index in [2.05, 4.69) is 15.3 Å². The number of fused-ring (bicyclic) bond motifs is 3. The van der Waals surface area contributed by atoms with Crippen molar-refractivity contribution < 1.29 is 22.7 Å². The molecule has 0 bridgehead atoms. The Morgan fingerprint density at radius 1 is 1.31 bits per heavy atom. The van der Waals surface area contributed by atoms with Gasteiger partial charge in [-0.25, -0.2) is 14.8 Å². The number of thiophene rings is 1. The minimum absolute atomic E-state index is 0.333. The number of benzene rings is 1. The molecule has 0 aliphatic carbocycles. The second kappa shape index (κ2) is 8.81. The van der Waals surface area contributed by atoms with E-state index in [9.17, 15) is 18.0 Å². The molecule has 0 saturated heterocycles. The first-order valence-corrected chi connectivity index (χ1v) is 10.8. The van der Waals surface area contributed by atoms with E-state index in [-0.39, 0.29) is 6.54 Å². The Hall–Kier alpha value is -3.08. The molecule has 0 spiro atoms. The molecule has 3 heterocycles. The Morgan fingerprint density at radius 3 is 2.84 bits per heavy atom. The van der Waals surface area contributed by atoms with Crippen LogP contribution in [0.4, 0.5) is 29.5 Å². The number of methoxy groups -OCH3 is 1. The van der Waals surface area contributed by atoms with Crippen LogP contribution in [0.5, 0.6) is 5.75 Å². The van der Waals surface area contributed by atoms with Crippen molar-refractivity contribution in [2.45, 2.75) is 25.6 Å². The van der Waals surface area contributed by atoms with Gasteiger partial charge in [0.1, 0.15) is 22.7 Å². The fourth-order valence-corrected chi connectivity index (χ4v) is 4.90. The molecule has 2 amide bonds. The van der Waals surface area contributed by atoms with Crippen LogP contribution in [0, 0.1) is 0 Å². The number of rotatable bonds is 5. The van der Waals surface area contributed by atoms with Crippen molar-refractivity contribution >= 4 is 39.1 Å². The molecule has 1 aromatic carbocycles. The SMILES string of the molecule is COc1ccccc1Nc1ncnc2sc3c(c12)CCN(C(=O)N(C)CCC(F)(F)F)C3. The molecule has 0 saturated carbocycles. The summed E-state index contributed by atoms with van der Waals surface area (Å²) in [4.78, 5) is 25.9. The van der Waals surface area contributed by atoms with Crippen LogP contribution in [0.2, 0.25) is 0 Å². The van der Waals surface area contributed by atoms with Crippen molar-refractivity contribution in [1.29, 1.82) is 0 Å². The molecule has 1 N–H and O–H groups in total. The number of halogens is 3. The van der Waals surface area contributed by atoms with Crippen LogP contribution in [-0.4, -0.2) is 59.2 Å². The summed E-state index contributed by atoms with van der Waals surface area (Å²) in [5.74, 6) is 1.33. The van der Waals surface area contributed by atoms with Crippen LogP contribution >= 0.6 is 11.3 Å². The zero-order valence-corrected chi connectivity index (χ0v) is 18.4. The van der Waals surface area contributed by atoms with Gasteiger partial charge in [0.05, 0.1) is 31.1 Å². The van der Waals surface area contributed by atoms with Crippen molar-refractivity contribution in [3.05, 3.63) is 41.0 Å². The molecule has 0 unspecified atom stereocenters.